The van der Waals surface area contributed by atoms with Gasteiger partial charge in [-0.05, 0) is 58.5 Å². The highest BCUT2D eigenvalue weighted by Gasteiger charge is 2.36. The number of nitrogens with zero attached hydrogens (tertiary/aromatic N) is 2. The number of hydrogen-bond acceptors (Lipinski definition) is 4. The Morgan fingerprint density at radius 2 is 2.11 bits per heavy atom. The van der Waals surface area contributed by atoms with Crippen LogP contribution in [0, 0.1) is 11.8 Å². The van der Waals surface area contributed by atoms with E-state index in [1.165, 1.54) is 32.2 Å². The van der Waals surface area contributed by atoms with Gasteiger partial charge in [0.15, 0.2) is 0 Å². The fraction of sp³-hybridized carbons (Fsp3) is 1.00. The van der Waals surface area contributed by atoms with Gasteiger partial charge in [0, 0.05) is 13.1 Å². The van der Waals surface area contributed by atoms with Crippen molar-refractivity contribution < 1.29 is 4.84 Å². The second kappa shape index (κ2) is 6.83. The van der Waals surface area contributed by atoms with E-state index < -0.39 is 0 Å². The molecule has 106 valence electrons. The third-order valence-corrected chi connectivity index (χ3v) is 5.03. The first-order chi connectivity index (χ1) is 8.60. The summed E-state index contributed by atoms with van der Waals surface area (Å²) < 4.78 is 0.532. The summed E-state index contributed by atoms with van der Waals surface area (Å²) in [6, 6.07) is 0. The van der Waals surface area contributed by atoms with Gasteiger partial charge in [-0.2, -0.15) is 0 Å². The number of alkyl halides is 1. The standard InChI is InChI=1S/C13H26IN3O/c1-4-17-13(18-17)15-12(14)8-7-10-5-6-11(10)9-16(2)3/h10-13,15H,4-9H2,1-3H3. The minimum Gasteiger partial charge on any atom is -0.309 e. The summed E-state index contributed by atoms with van der Waals surface area (Å²) in [6.07, 6.45) is 5.65. The summed E-state index contributed by atoms with van der Waals surface area (Å²) in [6.45, 7) is 4.35. The molecule has 0 bridgehead atoms. The van der Waals surface area contributed by atoms with Crippen molar-refractivity contribution in [3.63, 3.8) is 0 Å². The highest BCUT2D eigenvalue weighted by atomic mass is 127. The molecule has 2 rings (SSSR count). The molecule has 1 N–H and O–H groups in total. The van der Waals surface area contributed by atoms with Crippen LogP contribution in [0.3, 0.4) is 0 Å². The molecule has 0 aromatic carbocycles. The maximum absolute atomic E-state index is 5.37. The quantitative estimate of drug-likeness (QED) is 0.309. The van der Waals surface area contributed by atoms with Crippen molar-refractivity contribution in [1.29, 1.82) is 0 Å². The van der Waals surface area contributed by atoms with E-state index in [1.807, 2.05) is 5.06 Å². The minimum atomic E-state index is 0.177. The van der Waals surface area contributed by atoms with Gasteiger partial charge in [0.1, 0.15) is 0 Å². The van der Waals surface area contributed by atoms with Crippen LogP contribution in [-0.2, 0) is 4.84 Å². The third kappa shape index (κ3) is 4.30. The summed E-state index contributed by atoms with van der Waals surface area (Å²) in [4.78, 5) is 7.70. The molecule has 1 heterocycles. The predicted molar refractivity (Wildman–Crippen MR) is 82.2 cm³/mol. The average molecular weight is 367 g/mol. The SMILES string of the molecule is CCN1OC1NC(I)CCC1CCC1CN(C)C. The van der Waals surface area contributed by atoms with Crippen molar-refractivity contribution in [3.05, 3.63) is 0 Å². The zero-order valence-corrected chi connectivity index (χ0v) is 13.9. The van der Waals surface area contributed by atoms with Crippen molar-refractivity contribution >= 4 is 22.6 Å². The van der Waals surface area contributed by atoms with E-state index >= 15 is 0 Å². The largest absolute Gasteiger partial charge is 0.309 e. The fourth-order valence-electron chi connectivity index (χ4n) is 2.78. The smallest absolute Gasteiger partial charge is 0.208 e. The molecule has 4 nitrogen and oxygen atoms in total. The molecular weight excluding hydrogens is 341 g/mol. The Kier molecular flexibility index (Phi) is 5.68. The van der Waals surface area contributed by atoms with Crippen molar-refractivity contribution in [1.82, 2.24) is 15.3 Å². The molecule has 5 atom stereocenters. The van der Waals surface area contributed by atoms with E-state index in [0.29, 0.717) is 4.05 Å². The zero-order valence-electron chi connectivity index (χ0n) is 11.7. The van der Waals surface area contributed by atoms with Gasteiger partial charge in [0.25, 0.3) is 0 Å². The number of nitrogens with one attached hydrogen (secondary N) is 1. The molecular formula is C13H26IN3O. The molecule has 1 saturated carbocycles. The molecule has 5 unspecified atom stereocenters. The number of hydrogen-bond donors (Lipinski definition) is 1. The van der Waals surface area contributed by atoms with Crippen LogP contribution in [0.2, 0.25) is 0 Å². The van der Waals surface area contributed by atoms with Crippen LogP contribution in [0.5, 0.6) is 0 Å². The topological polar surface area (TPSA) is 30.8 Å². The van der Waals surface area contributed by atoms with Crippen LogP contribution < -0.4 is 5.32 Å². The first-order valence-corrected chi connectivity index (χ1v) is 8.33. The lowest BCUT2D eigenvalue weighted by atomic mass is 9.71. The van der Waals surface area contributed by atoms with Gasteiger partial charge in [-0.15, -0.1) is 5.06 Å². The van der Waals surface area contributed by atoms with Gasteiger partial charge in [-0.25, -0.2) is 0 Å². The molecule has 1 saturated heterocycles. The molecule has 18 heavy (non-hydrogen) atoms. The Balaban J connectivity index is 1.57. The maximum atomic E-state index is 5.37. The predicted octanol–water partition coefficient (Wildman–Crippen LogP) is 2.26. The molecule has 1 aliphatic heterocycles. The molecule has 0 radical (unpaired) electrons. The Bertz CT molecular complexity index is 265. The number of halogens is 1. The van der Waals surface area contributed by atoms with Crippen molar-refractivity contribution in [2.75, 3.05) is 27.2 Å². The van der Waals surface area contributed by atoms with E-state index in [0.717, 1.165) is 18.4 Å². The van der Waals surface area contributed by atoms with Crippen LogP contribution >= 0.6 is 22.6 Å². The minimum absolute atomic E-state index is 0.177. The van der Waals surface area contributed by atoms with E-state index in [-0.39, 0.29) is 6.35 Å². The molecule has 1 aliphatic carbocycles. The van der Waals surface area contributed by atoms with Crippen molar-refractivity contribution in [2.24, 2.45) is 11.8 Å². The first kappa shape index (κ1) is 15.0. The summed E-state index contributed by atoms with van der Waals surface area (Å²) in [5.41, 5.74) is 0. The molecule has 0 aromatic heterocycles. The van der Waals surface area contributed by atoms with E-state index in [2.05, 4.69) is 53.8 Å². The molecule has 0 spiro atoms. The van der Waals surface area contributed by atoms with Crippen LogP contribution in [0.1, 0.15) is 32.6 Å². The van der Waals surface area contributed by atoms with Gasteiger partial charge in [0.05, 0.1) is 4.05 Å². The van der Waals surface area contributed by atoms with Crippen LogP contribution in [0.25, 0.3) is 0 Å². The average Bonchev–Trinajstić information content (AvgIpc) is 3.03. The van der Waals surface area contributed by atoms with E-state index in [1.54, 1.807) is 0 Å². The molecule has 0 amide bonds. The van der Waals surface area contributed by atoms with Crippen LogP contribution in [-0.4, -0.2) is 47.5 Å². The summed E-state index contributed by atoms with van der Waals surface area (Å²) in [5, 5.41) is 5.47. The summed E-state index contributed by atoms with van der Waals surface area (Å²) in [5.74, 6) is 1.89. The Labute approximate surface area is 125 Å². The van der Waals surface area contributed by atoms with E-state index in [9.17, 15) is 0 Å². The fourth-order valence-corrected chi connectivity index (χ4v) is 3.45. The number of hydroxylamine groups is 2. The lowest BCUT2D eigenvalue weighted by Gasteiger charge is -2.38. The maximum Gasteiger partial charge on any atom is 0.208 e. The number of rotatable bonds is 8. The lowest BCUT2D eigenvalue weighted by Crippen LogP contribution is -2.36. The third-order valence-electron chi connectivity index (χ3n) is 4.05. The molecule has 5 heteroatoms. The van der Waals surface area contributed by atoms with Gasteiger partial charge in [-0.1, -0.05) is 22.6 Å². The Morgan fingerprint density at radius 1 is 1.39 bits per heavy atom. The van der Waals surface area contributed by atoms with Gasteiger partial charge < -0.3 is 4.90 Å². The monoisotopic (exact) mass is 367 g/mol. The molecule has 0 aromatic rings. The molecule has 2 aliphatic rings. The van der Waals surface area contributed by atoms with Crippen molar-refractivity contribution in [2.45, 2.75) is 43.0 Å². The summed E-state index contributed by atoms with van der Waals surface area (Å²) >= 11 is 2.50. The second-order valence-electron chi connectivity index (χ2n) is 5.76. The zero-order chi connectivity index (χ0) is 13.1. The van der Waals surface area contributed by atoms with E-state index in [4.69, 9.17) is 4.84 Å². The van der Waals surface area contributed by atoms with Crippen LogP contribution in [0.15, 0.2) is 0 Å². The first-order valence-electron chi connectivity index (χ1n) is 7.08. The highest BCUT2D eigenvalue weighted by Crippen LogP contribution is 2.38. The summed E-state index contributed by atoms with van der Waals surface area (Å²) in [7, 11) is 4.36. The second-order valence-corrected chi connectivity index (χ2v) is 7.27. The van der Waals surface area contributed by atoms with Gasteiger partial charge in [0.2, 0.25) is 6.35 Å². The van der Waals surface area contributed by atoms with Crippen molar-refractivity contribution in [3.8, 4) is 0 Å². The highest BCUT2D eigenvalue weighted by molar-refractivity contribution is 14.1. The lowest BCUT2D eigenvalue weighted by molar-refractivity contribution is 0.123. The Morgan fingerprint density at radius 3 is 2.61 bits per heavy atom. The Hall–Kier alpha value is 0.570. The van der Waals surface area contributed by atoms with Gasteiger partial charge in [-0.3, -0.25) is 10.2 Å². The van der Waals surface area contributed by atoms with Crippen LogP contribution in [0.4, 0.5) is 0 Å². The molecule has 2 fully saturated rings. The van der Waals surface area contributed by atoms with Gasteiger partial charge >= 0.3 is 0 Å². The normalized spacial score (nSPS) is 36.5.